The van der Waals surface area contributed by atoms with Crippen LogP contribution in [0.15, 0.2) is 66.1 Å². The molecule has 0 radical (unpaired) electrons. The number of para-hydroxylation sites is 1. The molecule has 2 aromatic rings. The number of carboxylic acid groups (broad SMARTS) is 1. The summed E-state index contributed by atoms with van der Waals surface area (Å²) in [6.45, 7) is 0.274. The third-order valence-electron chi connectivity index (χ3n) is 4.05. The average molecular weight is 382 g/mol. The Kier molecular flexibility index (Phi) is 5.77. The van der Waals surface area contributed by atoms with E-state index in [4.69, 9.17) is 12.2 Å². The highest BCUT2D eigenvalue weighted by Crippen LogP contribution is 2.18. The fourth-order valence-electron chi connectivity index (χ4n) is 2.71. The lowest BCUT2D eigenvalue weighted by Gasteiger charge is -2.29. The molecule has 3 rings (SSSR count). The molecule has 1 aliphatic rings. The number of amides is 1. The Labute approximate surface area is 161 Å². The van der Waals surface area contributed by atoms with Gasteiger partial charge < -0.3 is 15.7 Å². The van der Waals surface area contributed by atoms with Crippen molar-refractivity contribution in [2.75, 3.05) is 18.4 Å². The Morgan fingerprint density at radius 3 is 2.52 bits per heavy atom. The number of Topliss-reactive ketones (excluding diaryl/α,β-unsaturated/α-hetero) is 1. The maximum atomic E-state index is 12.6. The monoisotopic (exact) mass is 382 g/mol. The number of ketones is 1. The van der Waals surface area contributed by atoms with Gasteiger partial charge in [0.1, 0.15) is 4.99 Å². The quantitative estimate of drug-likeness (QED) is 0.684. The van der Waals surface area contributed by atoms with E-state index in [0.29, 0.717) is 17.8 Å². The lowest BCUT2D eigenvalue weighted by atomic mass is 10.0. The molecular weight excluding hydrogens is 364 g/mol. The molecule has 0 bridgehead atoms. The van der Waals surface area contributed by atoms with Crippen LogP contribution in [0.5, 0.6) is 0 Å². The van der Waals surface area contributed by atoms with Crippen molar-refractivity contribution in [3.63, 3.8) is 0 Å². The Bertz CT molecular complexity index is 884. The lowest BCUT2D eigenvalue weighted by Crippen LogP contribution is -2.45. The number of carbonyl (C=O) groups is 2. The highest BCUT2D eigenvalue weighted by Gasteiger charge is 2.31. The van der Waals surface area contributed by atoms with E-state index >= 15 is 0 Å². The van der Waals surface area contributed by atoms with E-state index in [0.717, 1.165) is 16.2 Å². The molecule has 1 aromatic heterocycles. The van der Waals surface area contributed by atoms with Crippen LogP contribution in [0.1, 0.15) is 5.56 Å². The molecule has 1 aromatic carbocycles. The molecule has 0 fully saturated rings. The van der Waals surface area contributed by atoms with E-state index in [1.807, 2.05) is 42.5 Å². The first-order valence-corrected chi connectivity index (χ1v) is 8.69. The zero-order chi connectivity index (χ0) is 19.2. The molecule has 0 saturated carbocycles. The SMILES string of the molecule is O=C1CN(C(=O)O)CC(NCc2ccncc2)=C1C(=S)Nc1ccccc1. The predicted octanol–water partition coefficient (Wildman–Crippen LogP) is 2.43. The molecule has 7 nitrogen and oxygen atoms in total. The van der Waals surface area contributed by atoms with Gasteiger partial charge in [-0.15, -0.1) is 0 Å². The molecule has 1 amide bonds. The van der Waals surface area contributed by atoms with Gasteiger partial charge in [-0.1, -0.05) is 30.4 Å². The Morgan fingerprint density at radius 1 is 1.15 bits per heavy atom. The van der Waals surface area contributed by atoms with Gasteiger partial charge in [0, 0.05) is 30.3 Å². The van der Waals surface area contributed by atoms with Crippen LogP contribution in [-0.4, -0.2) is 44.9 Å². The minimum atomic E-state index is -1.15. The molecular formula is C19H18N4O3S. The molecule has 27 heavy (non-hydrogen) atoms. The molecule has 0 spiro atoms. The van der Waals surface area contributed by atoms with Crippen LogP contribution >= 0.6 is 12.2 Å². The third kappa shape index (κ3) is 4.68. The summed E-state index contributed by atoms with van der Waals surface area (Å²) in [7, 11) is 0. The topological polar surface area (TPSA) is 94.6 Å². The maximum absolute atomic E-state index is 12.6. The number of hydrogen-bond acceptors (Lipinski definition) is 5. The highest BCUT2D eigenvalue weighted by molar-refractivity contribution is 7.81. The fraction of sp³-hybridized carbons (Fsp3) is 0.158. The summed E-state index contributed by atoms with van der Waals surface area (Å²) in [4.78, 5) is 29.3. The number of hydrogen-bond donors (Lipinski definition) is 3. The highest BCUT2D eigenvalue weighted by atomic mass is 32.1. The molecule has 138 valence electrons. The standard InChI is InChI=1S/C19H18N4O3S/c24-16-12-23(19(25)26)11-15(21-10-13-6-8-20-9-7-13)17(16)18(27)22-14-4-2-1-3-5-14/h1-9,21H,10-12H2,(H,22,27)(H,25,26). The van der Waals surface area contributed by atoms with Crippen molar-refractivity contribution in [1.82, 2.24) is 15.2 Å². The molecule has 1 aliphatic heterocycles. The van der Waals surface area contributed by atoms with Crippen molar-refractivity contribution in [1.29, 1.82) is 0 Å². The first-order valence-electron chi connectivity index (χ1n) is 8.28. The van der Waals surface area contributed by atoms with E-state index in [1.165, 1.54) is 0 Å². The summed E-state index contributed by atoms with van der Waals surface area (Å²) in [5.41, 5.74) is 2.52. The van der Waals surface area contributed by atoms with Crippen molar-refractivity contribution in [3.8, 4) is 0 Å². The second-order valence-electron chi connectivity index (χ2n) is 5.94. The number of aromatic nitrogens is 1. The van der Waals surface area contributed by atoms with Gasteiger partial charge in [-0.3, -0.25) is 14.7 Å². The average Bonchev–Trinajstić information content (AvgIpc) is 2.67. The van der Waals surface area contributed by atoms with Gasteiger partial charge in [0.15, 0.2) is 5.78 Å². The van der Waals surface area contributed by atoms with Crippen LogP contribution in [0.4, 0.5) is 10.5 Å². The summed E-state index contributed by atoms with van der Waals surface area (Å²) in [6.07, 6.45) is 2.19. The predicted molar refractivity (Wildman–Crippen MR) is 105 cm³/mol. The van der Waals surface area contributed by atoms with E-state index in [1.54, 1.807) is 12.4 Å². The summed E-state index contributed by atoms with van der Waals surface area (Å²) in [6, 6.07) is 13.0. The lowest BCUT2D eigenvalue weighted by molar-refractivity contribution is -0.116. The molecule has 0 saturated heterocycles. The number of nitrogens with one attached hydrogen (secondary N) is 2. The van der Waals surface area contributed by atoms with Gasteiger partial charge in [0.2, 0.25) is 0 Å². The second-order valence-corrected chi connectivity index (χ2v) is 6.35. The summed E-state index contributed by atoms with van der Waals surface area (Å²) < 4.78 is 0. The summed E-state index contributed by atoms with van der Waals surface area (Å²) in [5, 5.41) is 15.5. The Morgan fingerprint density at radius 2 is 1.85 bits per heavy atom. The van der Waals surface area contributed by atoms with Crippen LogP contribution < -0.4 is 10.6 Å². The maximum Gasteiger partial charge on any atom is 0.408 e. The van der Waals surface area contributed by atoms with Crippen LogP contribution in [0.25, 0.3) is 0 Å². The smallest absolute Gasteiger partial charge is 0.408 e. The van der Waals surface area contributed by atoms with E-state index in [2.05, 4.69) is 15.6 Å². The number of rotatable bonds is 5. The minimum absolute atomic E-state index is 0.0676. The molecule has 0 unspecified atom stereocenters. The Hall–Kier alpha value is -3.26. The summed E-state index contributed by atoms with van der Waals surface area (Å²) >= 11 is 5.44. The van der Waals surface area contributed by atoms with Crippen molar-refractivity contribution < 1.29 is 14.7 Å². The van der Waals surface area contributed by atoms with Crippen molar-refractivity contribution in [2.24, 2.45) is 0 Å². The number of carbonyl (C=O) groups excluding carboxylic acids is 1. The normalized spacial score (nSPS) is 14.1. The summed E-state index contributed by atoms with van der Waals surface area (Å²) in [5.74, 6) is -0.339. The van der Waals surface area contributed by atoms with Crippen LogP contribution in [0.2, 0.25) is 0 Å². The van der Waals surface area contributed by atoms with Crippen LogP contribution in [0, 0.1) is 0 Å². The molecule has 0 aliphatic carbocycles. The van der Waals surface area contributed by atoms with Gasteiger partial charge in [0.05, 0.1) is 18.7 Å². The molecule has 2 heterocycles. The third-order valence-corrected chi connectivity index (χ3v) is 4.35. The largest absolute Gasteiger partial charge is 0.465 e. The first kappa shape index (κ1) is 18.5. The number of thiocarbonyl (C=S) groups is 1. The number of pyridine rings is 1. The van der Waals surface area contributed by atoms with Crippen molar-refractivity contribution in [3.05, 3.63) is 71.7 Å². The number of anilines is 1. The number of benzene rings is 1. The van der Waals surface area contributed by atoms with E-state index in [9.17, 15) is 14.7 Å². The van der Waals surface area contributed by atoms with E-state index in [-0.39, 0.29) is 23.9 Å². The van der Waals surface area contributed by atoms with Gasteiger partial charge in [0.25, 0.3) is 0 Å². The van der Waals surface area contributed by atoms with Crippen molar-refractivity contribution in [2.45, 2.75) is 6.54 Å². The van der Waals surface area contributed by atoms with Gasteiger partial charge >= 0.3 is 6.09 Å². The zero-order valence-electron chi connectivity index (χ0n) is 14.4. The molecule has 3 N–H and O–H groups in total. The van der Waals surface area contributed by atoms with Gasteiger partial charge in [-0.05, 0) is 29.8 Å². The fourth-order valence-corrected chi connectivity index (χ4v) is 3.07. The second kappa shape index (κ2) is 8.41. The van der Waals surface area contributed by atoms with Gasteiger partial charge in [-0.25, -0.2) is 4.79 Å². The number of nitrogens with zero attached hydrogens (tertiary/aromatic N) is 2. The van der Waals surface area contributed by atoms with Crippen molar-refractivity contribution >= 4 is 34.8 Å². The van der Waals surface area contributed by atoms with Gasteiger partial charge in [-0.2, -0.15) is 0 Å². The molecule has 8 heteroatoms. The first-order chi connectivity index (χ1) is 13.0. The zero-order valence-corrected chi connectivity index (χ0v) is 15.2. The minimum Gasteiger partial charge on any atom is -0.465 e. The van der Waals surface area contributed by atoms with Crippen LogP contribution in [-0.2, 0) is 11.3 Å². The van der Waals surface area contributed by atoms with E-state index < -0.39 is 6.09 Å². The van der Waals surface area contributed by atoms with Crippen LogP contribution in [0.3, 0.4) is 0 Å². The molecule has 0 atom stereocenters. The Balaban J connectivity index is 1.86.